The lowest BCUT2D eigenvalue weighted by molar-refractivity contribution is 0.0950. The van der Waals surface area contributed by atoms with Crippen LogP contribution >= 0.6 is 15.9 Å². The molecule has 0 fully saturated rings. The molecule has 5 heteroatoms. The van der Waals surface area contributed by atoms with Crippen LogP contribution in [0, 0.1) is 0 Å². The Morgan fingerprint density at radius 3 is 2.80 bits per heavy atom. The molecule has 20 heavy (non-hydrogen) atoms. The number of nitrogens with one attached hydrogen (secondary N) is 1. The van der Waals surface area contributed by atoms with Crippen molar-refractivity contribution in [2.75, 3.05) is 7.11 Å². The first-order valence-electron chi connectivity index (χ1n) is 6.15. The number of carbonyl (C=O) groups excluding carboxylic acids is 1. The van der Waals surface area contributed by atoms with Gasteiger partial charge in [0.15, 0.2) is 0 Å². The fourth-order valence-electron chi connectivity index (χ4n) is 1.79. The highest BCUT2D eigenvalue weighted by molar-refractivity contribution is 9.10. The molecule has 1 aromatic heterocycles. The number of methoxy groups -OCH3 is 1. The Morgan fingerprint density at radius 2 is 2.10 bits per heavy atom. The summed E-state index contributed by atoms with van der Waals surface area (Å²) in [7, 11) is 1.66. The lowest BCUT2D eigenvalue weighted by atomic mass is 10.1. The lowest BCUT2D eigenvalue weighted by Crippen LogP contribution is -2.22. The highest BCUT2D eigenvalue weighted by Crippen LogP contribution is 2.08. The third kappa shape index (κ3) is 4.15. The van der Waals surface area contributed by atoms with Gasteiger partial charge in [-0.25, -0.2) is 4.98 Å². The predicted octanol–water partition coefficient (Wildman–Crippen LogP) is 2.92. The third-order valence-electron chi connectivity index (χ3n) is 2.75. The van der Waals surface area contributed by atoms with E-state index in [0.29, 0.717) is 23.3 Å². The minimum absolute atomic E-state index is 0.137. The number of amides is 1. The highest BCUT2D eigenvalue weighted by Gasteiger charge is 2.05. The highest BCUT2D eigenvalue weighted by atomic mass is 79.9. The van der Waals surface area contributed by atoms with Gasteiger partial charge in [-0.15, -0.1) is 0 Å². The summed E-state index contributed by atoms with van der Waals surface area (Å²) < 4.78 is 5.80. The van der Waals surface area contributed by atoms with E-state index in [1.54, 1.807) is 25.4 Å². The summed E-state index contributed by atoms with van der Waals surface area (Å²) in [5.41, 5.74) is 2.67. The second kappa shape index (κ2) is 7.17. The van der Waals surface area contributed by atoms with Crippen LogP contribution < -0.4 is 5.32 Å². The lowest BCUT2D eigenvalue weighted by Gasteiger charge is -2.07. The molecule has 104 valence electrons. The van der Waals surface area contributed by atoms with Crippen LogP contribution in [-0.4, -0.2) is 18.0 Å². The monoisotopic (exact) mass is 334 g/mol. The van der Waals surface area contributed by atoms with Crippen molar-refractivity contribution in [3.05, 3.63) is 63.9 Å². The maximum atomic E-state index is 11.9. The van der Waals surface area contributed by atoms with Crippen LogP contribution in [-0.2, 0) is 17.9 Å². The second-order valence-corrected chi connectivity index (χ2v) is 5.12. The molecule has 0 aliphatic rings. The van der Waals surface area contributed by atoms with Crippen molar-refractivity contribution in [1.82, 2.24) is 10.3 Å². The number of benzene rings is 1. The summed E-state index contributed by atoms with van der Waals surface area (Å²) in [6, 6.07) is 11.4. The van der Waals surface area contributed by atoms with Crippen molar-refractivity contribution in [2.24, 2.45) is 0 Å². The number of pyridine rings is 1. The molecule has 1 N–H and O–H groups in total. The molecule has 2 aromatic rings. The number of carbonyl (C=O) groups is 1. The number of nitrogens with zero attached hydrogens (tertiary/aromatic N) is 1. The molecule has 1 aromatic carbocycles. The minimum Gasteiger partial charge on any atom is -0.380 e. The van der Waals surface area contributed by atoms with Gasteiger partial charge in [0.2, 0.25) is 0 Å². The Hall–Kier alpha value is -1.72. The molecular weight excluding hydrogens is 320 g/mol. The zero-order valence-corrected chi connectivity index (χ0v) is 12.7. The fourth-order valence-corrected chi connectivity index (χ4v) is 2.03. The molecule has 0 saturated heterocycles. The molecule has 1 amide bonds. The van der Waals surface area contributed by atoms with Gasteiger partial charge in [0.05, 0.1) is 12.2 Å². The Kier molecular flexibility index (Phi) is 5.26. The van der Waals surface area contributed by atoms with Crippen LogP contribution in [0.1, 0.15) is 21.5 Å². The van der Waals surface area contributed by atoms with E-state index in [4.69, 9.17) is 4.74 Å². The van der Waals surface area contributed by atoms with Crippen LogP contribution in [0.15, 0.2) is 47.2 Å². The first-order valence-corrected chi connectivity index (χ1v) is 6.95. The number of hydrogen-bond acceptors (Lipinski definition) is 3. The van der Waals surface area contributed by atoms with E-state index in [-0.39, 0.29) is 5.91 Å². The summed E-state index contributed by atoms with van der Waals surface area (Å²) in [6.07, 6.45) is 1.54. The Balaban J connectivity index is 1.96. The number of rotatable bonds is 5. The molecule has 0 radical (unpaired) electrons. The minimum atomic E-state index is -0.137. The van der Waals surface area contributed by atoms with Gasteiger partial charge < -0.3 is 10.1 Å². The Morgan fingerprint density at radius 1 is 1.30 bits per heavy atom. The molecule has 0 saturated carbocycles. The normalized spacial score (nSPS) is 10.3. The Bertz CT molecular complexity index is 585. The van der Waals surface area contributed by atoms with Gasteiger partial charge in [-0.3, -0.25) is 4.79 Å². The van der Waals surface area contributed by atoms with Gasteiger partial charge >= 0.3 is 0 Å². The first-order chi connectivity index (χ1) is 9.69. The summed E-state index contributed by atoms with van der Waals surface area (Å²) in [5, 5.41) is 2.87. The molecule has 0 aliphatic carbocycles. The van der Waals surface area contributed by atoms with Gasteiger partial charge in [0.25, 0.3) is 5.91 Å². The first kappa shape index (κ1) is 14.7. The van der Waals surface area contributed by atoms with E-state index in [9.17, 15) is 4.79 Å². The smallest absolute Gasteiger partial charge is 0.253 e. The van der Waals surface area contributed by atoms with Gasteiger partial charge in [-0.2, -0.15) is 0 Å². The predicted molar refractivity (Wildman–Crippen MR) is 80.3 cm³/mol. The van der Waals surface area contributed by atoms with Crippen molar-refractivity contribution in [2.45, 2.75) is 13.2 Å². The maximum Gasteiger partial charge on any atom is 0.253 e. The van der Waals surface area contributed by atoms with E-state index in [1.165, 1.54) is 0 Å². The number of halogens is 1. The van der Waals surface area contributed by atoms with Crippen LogP contribution in [0.5, 0.6) is 0 Å². The van der Waals surface area contributed by atoms with E-state index in [2.05, 4.69) is 26.2 Å². The van der Waals surface area contributed by atoms with Crippen LogP contribution in [0.2, 0.25) is 0 Å². The maximum absolute atomic E-state index is 11.9. The zero-order valence-electron chi connectivity index (χ0n) is 11.1. The van der Waals surface area contributed by atoms with Crippen molar-refractivity contribution in [3.8, 4) is 0 Å². The van der Waals surface area contributed by atoms with Crippen molar-refractivity contribution >= 4 is 21.8 Å². The summed E-state index contributed by atoms with van der Waals surface area (Å²) in [6.45, 7) is 1.05. The molecule has 0 unspecified atom stereocenters. The van der Waals surface area contributed by atoms with Crippen LogP contribution in [0.4, 0.5) is 0 Å². The van der Waals surface area contributed by atoms with Crippen LogP contribution in [0.3, 0.4) is 0 Å². The van der Waals surface area contributed by atoms with E-state index in [0.717, 1.165) is 11.1 Å². The van der Waals surface area contributed by atoms with Crippen molar-refractivity contribution < 1.29 is 9.53 Å². The molecule has 0 aliphatic heterocycles. The summed E-state index contributed by atoms with van der Waals surface area (Å²) in [5.74, 6) is -0.137. The van der Waals surface area contributed by atoms with Gasteiger partial charge in [0, 0.05) is 19.9 Å². The average molecular weight is 335 g/mol. The SMILES string of the molecule is COCc1cccc(CNC(=O)c2ccc(Br)nc2)c1. The topological polar surface area (TPSA) is 51.2 Å². The molecule has 0 spiro atoms. The van der Waals surface area contributed by atoms with E-state index >= 15 is 0 Å². The van der Waals surface area contributed by atoms with Crippen molar-refractivity contribution in [1.29, 1.82) is 0 Å². The van der Waals surface area contributed by atoms with E-state index < -0.39 is 0 Å². The van der Waals surface area contributed by atoms with Gasteiger partial charge in [-0.1, -0.05) is 24.3 Å². The zero-order chi connectivity index (χ0) is 14.4. The molecule has 1 heterocycles. The van der Waals surface area contributed by atoms with Gasteiger partial charge in [-0.05, 0) is 39.2 Å². The van der Waals surface area contributed by atoms with Crippen molar-refractivity contribution in [3.63, 3.8) is 0 Å². The van der Waals surface area contributed by atoms with Crippen LogP contribution in [0.25, 0.3) is 0 Å². The fraction of sp³-hybridized carbons (Fsp3) is 0.200. The van der Waals surface area contributed by atoms with E-state index in [1.807, 2.05) is 24.3 Å². The molecule has 0 bridgehead atoms. The average Bonchev–Trinajstić information content (AvgIpc) is 2.46. The molecular formula is C15H15BrN2O2. The number of ether oxygens (including phenoxy) is 1. The number of hydrogen-bond donors (Lipinski definition) is 1. The summed E-state index contributed by atoms with van der Waals surface area (Å²) in [4.78, 5) is 16.0. The standard InChI is InChI=1S/C15H15BrN2O2/c1-20-10-12-4-2-3-11(7-12)8-18-15(19)13-5-6-14(16)17-9-13/h2-7,9H,8,10H2,1H3,(H,18,19). The second-order valence-electron chi connectivity index (χ2n) is 4.31. The largest absolute Gasteiger partial charge is 0.380 e. The number of aromatic nitrogens is 1. The molecule has 4 nitrogen and oxygen atoms in total. The quantitative estimate of drug-likeness (QED) is 0.855. The molecule has 2 rings (SSSR count). The third-order valence-corrected chi connectivity index (χ3v) is 3.21. The van der Waals surface area contributed by atoms with Gasteiger partial charge in [0.1, 0.15) is 4.60 Å². The Labute approximate surface area is 126 Å². The summed E-state index contributed by atoms with van der Waals surface area (Å²) >= 11 is 3.24. The molecule has 0 atom stereocenters.